The molecule has 4 aromatic rings. The Kier molecular flexibility index (Phi) is 5.72. The Hall–Kier alpha value is -4.00. The first-order chi connectivity index (χ1) is 15.7. The largest absolute Gasteiger partial charge is 0.476 e. The Labute approximate surface area is 189 Å². The number of pyridine rings is 1. The van der Waals surface area contributed by atoms with Gasteiger partial charge in [-0.1, -0.05) is 12.1 Å². The van der Waals surface area contributed by atoms with Crippen molar-refractivity contribution in [2.24, 2.45) is 0 Å². The van der Waals surface area contributed by atoms with Crippen LogP contribution in [0.4, 0.5) is 10.1 Å². The number of nitrogens with zero attached hydrogens (tertiary/aromatic N) is 1. The van der Waals surface area contributed by atoms with Gasteiger partial charge in [-0.2, -0.15) is 0 Å². The van der Waals surface area contributed by atoms with Gasteiger partial charge in [-0.15, -0.1) is 0 Å². The maximum absolute atomic E-state index is 14.7. The van der Waals surface area contributed by atoms with E-state index in [1.165, 1.54) is 12.3 Å². The zero-order valence-electron chi connectivity index (χ0n) is 18.7. The number of fused-ring (bicyclic) bond motifs is 1. The fourth-order valence-corrected chi connectivity index (χ4v) is 3.95. The second-order valence-electron chi connectivity index (χ2n) is 8.17. The molecule has 0 fully saturated rings. The molecule has 0 bridgehead atoms. The first-order valence-corrected chi connectivity index (χ1v) is 10.5. The Bertz CT molecular complexity index is 1460. The monoisotopic (exact) mass is 446 g/mol. The van der Waals surface area contributed by atoms with E-state index in [1.807, 2.05) is 19.9 Å². The van der Waals surface area contributed by atoms with E-state index in [9.17, 15) is 19.1 Å². The average Bonchev–Trinajstić information content (AvgIpc) is 2.76. The molecule has 2 aromatic carbocycles. The van der Waals surface area contributed by atoms with Crippen LogP contribution in [-0.4, -0.2) is 16.1 Å². The molecule has 0 spiro atoms. The molecule has 0 saturated heterocycles. The van der Waals surface area contributed by atoms with E-state index >= 15 is 0 Å². The number of hydrogen-bond donors (Lipinski definition) is 2. The highest BCUT2D eigenvalue weighted by Crippen LogP contribution is 2.33. The third-order valence-electron chi connectivity index (χ3n) is 5.61. The molecule has 4 rings (SSSR count). The summed E-state index contributed by atoms with van der Waals surface area (Å²) in [6.45, 7) is 7.11. The van der Waals surface area contributed by atoms with Crippen molar-refractivity contribution < 1.29 is 18.7 Å². The molecule has 2 heterocycles. The number of halogens is 1. The van der Waals surface area contributed by atoms with Crippen LogP contribution in [0.15, 0.2) is 57.9 Å². The highest BCUT2D eigenvalue weighted by Gasteiger charge is 2.21. The van der Waals surface area contributed by atoms with Crippen LogP contribution in [0.25, 0.3) is 22.3 Å². The van der Waals surface area contributed by atoms with Crippen LogP contribution in [0, 0.1) is 26.6 Å². The fourth-order valence-electron chi connectivity index (χ4n) is 3.95. The Morgan fingerprint density at radius 2 is 1.88 bits per heavy atom. The molecule has 0 amide bonds. The van der Waals surface area contributed by atoms with Crippen molar-refractivity contribution in [3.8, 4) is 11.3 Å². The van der Waals surface area contributed by atoms with Crippen molar-refractivity contribution in [3.63, 3.8) is 0 Å². The molecule has 33 heavy (non-hydrogen) atoms. The maximum Gasteiger partial charge on any atom is 0.356 e. The van der Waals surface area contributed by atoms with Crippen molar-refractivity contribution in [1.82, 2.24) is 4.98 Å². The number of carboxylic acid groups (broad SMARTS) is 1. The predicted octanol–water partition coefficient (Wildman–Crippen LogP) is 5.79. The van der Waals surface area contributed by atoms with Crippen LogP contribution in [0.2, 0.25) is 0 Å². The highest BCUT2D eigenvalue weighted by atomic mass is 19.1. The summed E-state index contributed by atoms with van der Waals surface area (Å²) in [5, 5.41) is 13.0. The fraction of sp³-hybridized carbons (Fsp3) is 0.192. The number of aromatic carboxylic acids is 1. The first-order valence-electron chi connectivity index (χ1n) is 10.5. The van der Waals surface area contributed by atoms with Crippen molar-refractivity contribution in [2.45, 2.75) is 33.7 Å². The van der Waals surface area contributed by atoms with Crippen LogP contribution < -0.4 is 10.7 Å². The van der Waals surface area contributed by atoms with Crippen LogP contribution in [0.5, 0.6) is 0 Å². The lowest BCUT2D eigenvalue weighted by Gasteiger charge is -2.19. The highest BCUT2D eigenvalue weighted by molar-refractivity contribution is 5.92. The number of nitrogens with one attached hydrogen (secondary N) is 1. The SMILES string of the molecule is Cc1ccc(-c2oc3c(C(C)Nc4cccnc4C(=O)O)cc(C)cc3c(=O)c2C)c(F)c1. The van der Waals surface area contributed by atoms with Gasteiger partial charge in [0.1, 0.15) is 17.2 Å². The number of aryl methyl sites for hydroxylation is 2. The van der Waals surface area contributed by atoms with E-state index in [0.717, 1.165) is 11.1 Å². The Balaban J connectivity index is 1.91. The van der Waals surface area contributed by atoms with Crippen LogP contribution in [0.3, 0.4) is 0 Å². The second-order valence-corrected chi connectivity index (χ2v) is 8.17. The van der Waals surface area contributed by atoms with Gasteiger partial charge in [0.05, 0.1) is 22.7 Å². The molecule has 168 valence electrons. The molecule has 0 aliphatic heterocycles. The molecule has 0 aliphatic carbocycles. The number of carbonyl (C=O) groups is 1. The quantitative estimate of drug-likeness (QED) is 0.403. The standard InChI is InChI=1S/C26H23FN2O4/c1-13-7-8-17(20(27)12-13)24-15(3)23(30)19-11-14(2)10-18(25(19)33-24)16(4)29-21-6-5-9-28-22(21)26(31)32/h5-12,16,29H,1-4H3,(H,31,32). The van der Waals surface area contributed by atoms with Crippen molar-refractivity contribution in [2.75, 3.05) is 5.32 Å². The minimum absolute atomic E-state index is 0.110. The maximum atomic E-state index is 14.7. The molecule has 2 N–H and O–H groups in total. The van der Waals surface area contributed by atoms with Gasteiger partial charge < -0.3 is 14.8 Å². The second kappa shape index (κ2) is 8.50. The molecule has 1 unspecified atom stereocenters. The summed E-state index contributed by atoms with van der Waals surface area (Å²) in [7, 11) is 0. The molecule has 2 aromatic heterocycles. The Morgan fingerprint density at radius 3 is 2.58 bits per heavy atom. The third kappa shape index (κ3) is 4.09. The third-order valence-corrected chi connectivity index (χ3v) is 5.61. The summed E-state index contributed by atoms with van der Waals surface area (Å²) in [6, 6.07) is 11.2. The van der Waals surface area contributed by atoms with Gasteiger partial charge in [0.25, 0.3) is 0 Å². The van der Waals surface area contributed by atoms with Crippen molar-refractivity contribution in [1.29, 1.82) is 0 Å². The lowest BCUT2D eigenvalue weighted by Crippen LogP contribution is -2.14. The van der Waals surface area contributed by atoms with Gasteiger partial charge in [0, 0.05) is 17.3 Å². The van der Waals surface area contributed by atoms with Crippen LogP contribution in [0.1, 0.15) is 45.7 Å². The molecular weight excluding hydrogens is 423 g/mol. The van der Waals surface area contributed by atoms with E-state index in [-0.39, 0.29) is 22.4 Å². The molecule has 1 atom stereocenters. The van der Waals surface area contributed by atoms with Gasteiger partial charge in [0.2, 0.25) is 0 Å². The molecule has 0 radical (unpaired) electrons. The summed E-state index contributed by atoms with van der Waals surface area (Å²) in [6.07, 6.45) is 1.41. The summed E-state index contributed by atoms with van der Waals surface area (Å²) in [5.74, 6) is -1.45. The number of aromatic nitrogens is 1. The topological polar surface area (TPSA) is 92.4 Å². The van der Waals surface area contributed by atoms with E-state index in [2.05, 4.69) is 10.3 Å². The smallest absolute Gasteiger partial charge is 0.356 e. The molecule has 7 heteroatoms. The van der Waals surface area contributed by atoms with Crippen LogP contribution in [-0.2, 0) is 0 Å². The molecule has 6 nitrogen and oxygen atoms in total. The van der Waals surface area contributed by atoms with Crippen molar-refractivity contribution in [3.05, 3.63) is 92.6 Å². The normalized spacial score (nSPS) is 12.0. The van der Waals surface area contributed by atoms with E-state index in [0.29, 0.717) is 27.8 Å². The zero-order valence-corrected chi connectivity index (χ0v) is 18.7. The summed E-state index contributed by atoms with van der Waals surface area (Å²) in [5.41, 5.74) is 3.10. The van der Waals surface area contributed by atoms with Gasteiger partial charge in [-0.25, -0.2) is 14.2 Å². The summed E-state index contributed by atoms with van der Waals surface area (Å²) >= 11 is 0. The van der Waals surface area contributed by atoms with Crippen LogP contribution >= 0.6 is 0 Å². The number of rotatable bonds is 5. The first kappa shape index (κ1) is 22.2. The summed E-state index contributed by atoms with van der Waals surface area (Å²) < 4.78 is 20.9. The zero-order chi connectivity index (χ0) is 23.9. The Morgan fingerprint density at radius 1 is 1.12 bits per heavy atom. The number of anilines is 1. The lowest BCUT2D eigenvalue weighted by molar-refractivity contribution is 0.0691. The number of benzene rings is 2. The van der Waals surface area contributed by atoms with Gasteiger partial charge >= 0.3 is 5.97 Å². The average molecular weight is 446 g/mol. The number of hydrogen-bond acceptors (Lipinski definition) is 5. The van der Waals surface area contributed by atoms with E-state index in [1.54, 1.807) is 44.2 Å². The van der Waals surface area contributed by atoms with E-state index in [4.69, 9.17) is 4.42 Å². The predicted molar refractivity (Wildman–Crippen MR) is 125 cm³/mol. The van der Waals surface area contributed by atoms with Gasteiger partial charge in [-0.05, 0) is 69.2 Å². The lowest BCUT2D eigenvalue weighted by atomic mass is 9.98. The number of carboxylic acids is 1. The molecule has 0 aliphatic rings. The molecular formula is C26H23FN2O4. The minimum atomic E-state index is -1.15. The molecule has 0 saturated carbocycles. The van der Waals surface area contributed by atoms with Gasteiger partial charge in [0.15, 0.2) is 11.1 Å². The van der Waals surface area contributed by atoms with Crippen molar-refractivity contribution >= 4 is 22.6 Å². The van der Waals surface area contributed by atoms with E-state index < -0.39 is 17.8 Å². The summed E-state index contributed by atoms with van der Waals surface area (Å²) in [4.78, 5) is 28.7. The van der Waals surface area contributed by atoms with Gasteiger partial charge in [-0.3, -0.25) is 4.79 Å². The minimum Gasteiger partial charge on any atom is -0.476 e.